The van der Waals surface area contributed by atoms with Crippen molar-refractivity contribution in [1.82, 2.24) is 5.43 Å². The topological polar surface area (TPSA) is 53.9 Å². The first-order valence-corrected chi connectivity index (χ1v) is 9.94. The summed E-state index contributed by atoms with van der Waals surface area (Å²) in [5, 5.41) is 6.11. The zero-order chi connectivity index (χ0) is 20.6. The number of ether oxygens (including phenoxy) is 1. The molecule has 0 saturated carbocycles. The van der Waals surface area contributed by atoms with Crippen LogP contribution in [0.4, 0.5) is 5.69 Å². The molecule has 0 saturated heterocycles. The Morgan fingerprint density at radius 1 is 1.03 bits per heavy atom. The van der Waals surface area contributed by atoms with Crippen LogP contribution in [0.1, 0.15) is 26.3 Å². The molecule has 0 aromatic heterocycles. The van der Waals surface area contributed by atoms with Crippen LogP contribution in [-0.2, 0) is 4.79 Å². The number of rotatable bonds is 8. The van der Waals surface area contributed by atoms with E-state index >= 15 is 0 Å². The summed E-state index contributed by atoms with van der Waals surface area (Å²) in [4.78, 5) is 14.6. The van der Waals surface area contributed by atoms with Gasteiger partial charge in [-0.05, 0) is 49.9 Å². The Labute approximate surface area is 172 Å². The zero-order valence-electron chi connectivity index (χ0n) is 17.1. The number of amides is 1. The van der Waals surface area contributed by atoms with E-state index in [1.54, 1.807) is 13.1 Å². The van der Waals surface area contributed by atoms with E-state index in [0.717, 1.165) is 29.4 Å². The largest absolute Gasteiger partial charge is 0.480 e. The van der Waals surface area contributed by atoms with E-state index in [0.29, 0.717) is 5.75 Å². The van der Waals surface area contributed by atoms with E-state index in [2.05, 4.69) is 41.4 Å². The van der Waals surface area contributed by atoms with Crippen LogP contribution >= 0.6 is 0 Å². The van der Waals surface area contributed by atoms with E-state index in [-0.39, 0.29) is 5.91 Å². The smallest absolute Gasteiger partial charge is 0.280 e. The van der Waals surface area contributed by atoms with Crippen LogP contribution in [-0.4, -0.2) is 31.3 Å². The summed E-state index contributed by atoms with van der Waals surface area (Å²) in [5.41, 5.74) is 4.65. The van der Waals surface area contributed by atoms with Gasteiger partial charge in [0.1, 0.15) is 5.75 Å². The lowest BCUT2D eigenvalue weighted by Crippen LogP contribution is -2.33. The maximum Gasteiger partial charge on any atom is 0.280 e. The average molecular weight is 389 g/mol. The molecule has 1 atom stereocenters. The molecule has 0 spiro atoms. The van der Waals surface area contributed by atoms with Crippen LogP contribution in [0.25, 0.3) is 10.8 Å². The fourth-order valence-corrected chi connectivity index (χ4v) is 3.16. The van der Waals surface area contributed by atoms with Crippen LogP contribution < -0.4 is 15.1 Å². The first-order valence-electron chi connectivity index (χ1n) is 9.94. The molecule has 5 nitrogen and oxygen atoms in total. The van der Waals surface area contributed by atoms with Crippen molar-refractivity contribution >= 4 is 28.6 Å². The second kappa shape index (κ2) is 9.73. The van der Waals surface area contributed by atoms with Gasteiger partial charge in [-0.2, -0.15) is 5.10 Å². The van der Waals surface area contributed by atoms with E-state index in [9.17, 15) is 4.79 Å². The van der Waals surface area contributed by atoms with E-state index < -0.39 is 6.10 Å². The number of hydrogen-bond acceptors (Lipinski definition) is 4. The molecule has 5 heteroatoms. The summed E-state index contributed by atoms with van der Waals surface area (Å²) in [7, 11) is 0. The maximum atomic E-state index is 12.3. The molecule has 0 bridgehead atoms. The summed E-state index contributed by atoms with van der Waals surface area (Å²) in [5.74, 6) is 0.385. The third-order valence-corrected chi connectivity index (χ3v) is 4.83. The number of hydrazone groups is 1. The molecule has 150 valence electrons. The molecule has 0 heterocycles. The Morgan fingerprint density at radius 2 is 1.72 bits per heavy atom. The molecule has 0 aliphatic rings. The van der Waals surface area contributed by atoms with Crippen molar-refractivity contribution in [1.29, 1.82) is 0 Å². The summed E-state index contributed by atoms with van der Waals surface area (Å²) in [6, 6.07) is 21.8. The third-order valence-electron chi connectivity index (χ3n) is 4.83. The molecular formula is C24H27N3O2. The number of anilines is 1. The lowest BCUT2D eigenvalue weighted by atomic mass is 10.1. The lowest BCUT2D eigenvalue weighted by Gasteiger charge is -2.20. The predicted molar refractivity (Wildman–Crippen MR) is 120 cm³/mol. The predicted octanol–water partition coefficient (Wildman–Crippen LogP) is 4.60. The second-order valence-corrected chi connectivity index (χ2v) is 6.74. The van der Waals surface area contributed by atoms with E-state index in [4.69, 9.17) is 4.74 Å². The number of fused-ring (bicyclic) bond motifs is 1. The number of nitrogens with one attached hydrogen (secondary N) is 1. The number of benzene rings is 3. The van der Waals surface area contributed by atoms with Crippen molar-refractivity contribution in [3.8, 4) is 5.75 Å². The number of hydrogen-bond donors (Lipinski definition) is 1. The Kier molecular flexibility index (Phi) is 6.85. The number of carbonyl (C=O) groups excluding carboxylic acids is 1. The van der Waals surface area contributed by atoms with Crippen molar-refractivity contribution < 1.29 is 9.53 Å². The summed E-state index contributed by atoms with van der Waals surface area (Å²) in [6.07, 6.45) is 0.970. The highest BCUT2D eigenvalue weighted by molar-refractivity contribution is 5.89. The van der Waals surface area contributed by atoms with Crippen molar-refractivity contribution in [2.24, 2.45) is 5.10 Å². The maximum absolute atomic E-state index is 12.3. The summed E-state index contributed by atoms with van der Waals surface area (Å²) in [6.45, 7) is 7.92. The SMILES string of the molecule is CCN(CC)c1ccc(/C=N\NC(=O)[C@@H](C)Oc2cccc3ccccc23)cc1. The van der Waals surface area contributed by atoms with Gasteiger partial charge in [0.25, 0.3) is 5.91 Å². The molecule has 0 aliphatic carbocycles. The van der Waals surface area contributed by atoms with Crippen LogP contribution in [0, 0.1) is 0 Å². The Balaban J connectivity index is 1.58. The first-order chi connectivity index (χ1) is 14.1. The van der Waals surface area contributed by atoms with Gasteiger partial charge < -0.3 is 9.64 Å². The minimum absolute atomic E-state index is 0.297. The first kappa shape index (κ1) is 20.4. The Bertz CT molecular complexity index is 974. The van der Waals surface area contributed by atoms with Gasteiger partial charge >= 0.3 is 0 Å². The molecule has 3 aromatic rings. The van der Waals surface area contributed by atoms with Gasteiger partial charge in [0.15, 0.2) is 6.10 Å². The van der Waals surface area contributed by atoms with Crippen molar-refractivity contribution in [2.45, 2.75) is 26.9 Å². The number of nitrogens with zero attached hydrogens (tertiary/aromatic N) is 2. The van der Waals surface area contributed by atoms with Crippen LogP contribution in [0.5, 0.6) is 5.75 Å². The number of carbonyl (C=O) groups is 1. The summed E-state index contributed by atoms with van der Waals surface area (Å²) >= 11 is 0. The standard InChI is InChI=1S/C24H27N3O2/c1-4-27(5-2)21-15-13-19(14-16-21)17-25-26-24(28)18(3)29-23-12-8-10-20-9-6-7-11-22(20)23/h6-18H,4-5H2,1-3H3,(H,26,28)/b25-17-/t18-/m1/s1. The fourth-order valence-electron chi connectivity index (χ4n) is 3.16. The minimum atomic E-state index is -0.664. The highest BCUT2D eigenvalue weighted by Gasteiger charge is 2.15. The lowest BCUT2D eigenvalue weighted by molar-refractivity contribution is -0.127. The van der Waals surface area contributed by atoms with Gasteiger partial charge in [-0.1, -0.05) is 48.5 Å². The second-order valence-electron chi connectivity index (χ2n) is 6.74. The zero-order valence-corrected chi connectivity index (χ0v) is 17.1. The van der Waals surface area contributed by atoms with Gasteiger partial charge in [0, 0.05) is 24.2 Å². The van der Waals surface area contributed by atoms with Crippen LogP contribution in [0.3, 0.4) is 0 Å². The van der Waals surface area contributed by atoms with E-state index in [1.807, 2.05) is 54.6 Å². The van der Waals surface area contributed by atoms with Crippen LogP contribution in [0.15, 0.2) is 71.8 Å². The molecule has 1 N–H and O–H groups in total. The highest BCUT2D eigenvalue weighted by Crippen LogP contribution is 2.26. The van der Waals surface area contributed by atoms with Gasteiger partial charge in [-0.3, -0.25) is 4.79 Å². The third kappa shape index (κ3) is 5.13. The Hall–Kier alpha value is -3.34. The molecular weight excluding hydrogens is 362 g/mol. The van der Waals surface area contributed by atoms with Gasteiger partial charge in [-0.25, -0.2) is 5.43 Å². The Morgan fingerprint density at radius 3 is 2.45 bits per heavy atom. The van der Waals surface area contributed by atoms with Crippen LogP contribution in [0.2, 0.25) is 0 Å². The van der Waals surface area contributed by atoms with Crippen molar-refractivity contribution in [3.63, 3.8) is 0 Å². The average Bonchev–Trinajstić information content (AvgIpc) is 2.76. The normalized spacial score (nSPS) is 12.1. The molecule has 1 amide bonds. The molecule has 0 aliphatic heterocycles. The van der Waals surface area contributed by atoms with Gasteiger partial charge in [0.05, 0.1) is 6.21 Å². The molecule has 0 fully saturated rings. The molecule has 0 radical (unpaired) electrons. The monoisotopic (exact) mass is 389 g/mol. The molecule has 29 heavy (non-hydrogen) atoms. The fraction of sp³-hybridized carbons (Fsp3) is 0.250. The molecule has 3 aromatic carbocycles. The quantitative estimate of drug-likeness (QED) is 0.452. The van der Waals surface area contributed by atoms with E-state index in [1.165, 1.54) is 5.69 Å². The van der Waals surface area contributed by atoms with Gasteiger partial charge in [0.2, 0.25) is 0 Å². The molecule has 0 unspecified atom stereocenters. The summed E-state index contributed by atoms with van der Waals surface area (Å²) < 4.78 is 5.87. The van der Waals surface area contributed by atoms with Crippen molar-refractivity contribution in [2.75, 3.05) is 18.0 Å². The minimum Gasteiger partial charge on any atom is -0.480 e. The van der Waals surface area contributed by atoms with Crippen molar-refractivity contribution in [3.05, 3.63) is 72.3 Å². The molecule has 3 rings (SSSR count). The van der Waals surface area contributed by atoms with Gasteiger partial charge in [-0.15, -0.1) is 0 Å². The highest BCUT2D eigenvalue weighted by atomic mass is 16.5.